The predicted octanol–water partition coefficient (Wildman–Crippen LogP) is 3.68. The first-order valence-corrected chi connectivity index (χ1v) is 9.66. The zero-order valence-electron chi connectivity index (χ0n) is 15.5. The first-order valence-electron chi connectivity index (χ1n) is 8.84. The van der Waals surface area contributed by atoms with Gasteiger partial charge in [0.15, 0.2) is 0 Å². The molecule has 28 heavy (non-hydrogen) atoms. The van der Waals surface area contributed by atoms with Crippen molar-refractivity contribution in [2.24, 2.45) is 0 Å². The lowest BCUT2D eigenvalue weighted by Gasteiger charge is -2.10. The zero-order valence-corrected chi connectivity index (χ0v) is 16.3. The van der Waals surface area contributed by atoms with Crippen LogP contribution in [0.15, 0.2) is 47.3 Å². The molecule has 1 amide bonds. The molecule has 142 valence electrons. The Balaban J connectivity index is 1.62. The number of amides is 1. The SMILES string of the molecule is Cc1ccc(CNC(=O)Cn2c(C)nc3c(sc4cccc(F)c43)c2=O)cc1. The number of thiophene rings is 1. The Morgan fingerprint density at radius 3 is 2.68 bits per heavy atom. The highest BCUT2D eigenvalue weighted by Crippen LogP contribution is 2.32. The molecule has 7 heteroatoms. The summed E-state index contributed by atoms with van der Waals surface area (Å²) in [4.78, 5) is 29.7. The van der Waals surface area contributed by atoms with Gasteiger partial charge in [-0.15, -0.1) is 11.3 Å². The van der Waals surface area contributed by atoms with Crippen LogP contribution in [0.1, 0.15) is 17.0 Å². The highest BCUT2D eigenvalue weighted by atomic mass is 32.1. The van der Waals surface area contributed by atoms with Crippen LogP contribution in [-0.2, 0) is 17.9 Å². The Morgan fingerprint density at radius 1 is 1.18 bits per heavy atom. The summed E-state index contributed by atoms with van der Waals surface area (Å²) in [6.07, 6.45) is 0. The third-order valence-corrected chi connectivity index (χ3v) is 5.79. The molecule has 0 fully saturated rings. The van der Waals surface area contributed by atoms with E-state index in [1.54, 1.807) is 19.1 Å². The van der Waals surface area contributed by atoms with Crippen LogP contribution in [-0.4, -0.2) is 15.5 Å². The lowest BCUT2D eigenvalue weighted by molar-refractivity contribution is -0.121. The van der Waals surface area contributed by atoms with Gasteiger partial charge in [-0.1, -0.05) is 35.9 Å². The fourth-order valence-electron chi connectivity index (χ4n) is 3.13. The molecule has 2 heterocycles. The molecule has 4 rings (SSSR count). The van der Waals surface area contributed by atoms with Crippen molar-refractivity contribution in [3.05, 3.63) is 75.6 Å². The van der Waals surface area contributed by atoms with Gasteiger partial charge in [-0.05, 0) is 31.5 Å². The Kier molecular flexibility index (Phi) is 4.68. The van der Waals surface area contributed by atoms with E-state index in [1.807, 2.05) is 31.2 Å². The van der Waals surface area contributed by atoms with E-state index in [1.165, 1.54) is 22.0 Å². The molecule has 0 bridgehead atoms. The van der Waals surface area contributed by atoms with Crippen molar-refractivity contribution in [3.8, 4) is 0 Å². The van der Waals surface area contributed by atoms with Crippen molar-refractivity contribution in [2.45, 2.75) is 26.9 Å². The Morgan fingerprint density at radius 2 is 1.93 bits per heavy atom. The summed E-state index contributed by atoms with van der Waals surface area (Å²) >= 11 is 1.20. The maximum atomic E-state index is 14.2. The number of hydrogen-bond acceptors (Lipinski definition) is 4. The van der Waals surface area contributed by atoms with Crippen LogP contribution in [0.2, 0.25) is 0 Å². The van der Waals surface area contributed by atoms with Crippen LogP contribution >= 0.6 is 11.3 Å². The van der Waals surface area contributed by atoms with E-state index >= 15 is 0 Å². The number of nitrogens with zero attached hydrogens (tertiary/aromatic N) is 2. The Hall–Kier alpha value is -3.06. The molecular formula is C21H18FN3O2S. The molecule has 1 N–H and O–H groups in total. The van der Waals surface area contributed by atoms with E-state index in [0.29, 0.717) is 32.7 Å². The number of fused-ring (bicyclic) bond motifs is 3. The van der Waals surface area contributed by atoms with E-state index in [0.717, 1.165) is 11.1 Å². The predicted molar refractivity (Wildman–Crippen MR) is 109 cm³/mol. The molecule has 0 unspecified atom stereocenters. The number of nitrogens with one attached hydrogen (secondary N) is 1. The maximum absolute atomic E-state index is 14.2. The maximum Gasteiger partial charge on any atom is 0.272 e. The molecule has 0 aliphatic rings. The van der Waals surface area contributed by atoms with E-state index in [9.17, 15) is 14.0 Å². The summed E-state index contributed by atoms with van der Waals surface area (Å²) < 4.78 is 16.6. The molecule has 0 radical (unpaired) electrons. The first kappa shape index (κ1) is 18.3. The normalized spacial score (nSPS) is 11.2. The molecular weight excluding hydrogens is 377 g/mol. The number of halogens is 1. The van der Waals surface area contributed by atoms with E-state index in [4.69, 9.17) is 0 Å². The fraction of sp³-hybridized carbons (Fsp3) is 0.190. The molecule has 0 aliphatic carbocycles. The van der Waals surface area contributed by atoms with Crippen molar-refractivity contribution in [3.63, 3.8) is 0 Å². The second kappa shape index (κ2) is 7.16. The van der Waals surface area contributed by atoms with Gasteiger partial charge >= 0.3 is 0 Å². The van der Waals surface area contributed by atoms with E-state index in [2.05, 4.69) is 10.3 Å². The van der Waals surface area contributed by atoms with Crippen LogP contribution in [0.3, 0.4) is 0 Å². The van der Waals surface area contributed by atoms with Crippen molar-refractivity contribution in [1.82, 2.24) is 14.9 Å². The molecule has 0 atom stereocenters. The standard InChI is InChI=1S/C21H18FN3O2S/c1-12-6-8-14(9-7-12)10-23-17(26)11-25-13(2)24-19-18-15(22)4-3-5-16(18)28-20(19)21(25)27/h3-9H,10-11H2,1-2H3,(H,23,26). The summed E-state index contributed by atoms with van der Waals surface area (Å²) in [6, 6.07) is 12.6. The van der Waals surface area contributed by atoms with Gasteiger partial charge in [-0.3, -0.25) is 14.2 Å². The zero-order chi connectivity index (χ0) is 19.8. The van der Waals surface area contributed by atoms with Crippen molar-refractivity contribution < 1.29 is 9.18 Å². The average Bonchev–Trinajstić information content (AvgIpc) is 3.04. The number of carbonyl (C=O) groups is 1. The smallest absolute Gasteiger partial charge is 0.272 e. The van der Waals surface area contributed by atoms with Gasteiger partial charge in [0.1, 0.15) is 22.9 Å². The van der Waals surface area contributed by atoms with Gasteiger partial charge in [0.05, 0.1) is 10.9 Å². The molecule has 5 nitrogen and oxygen atoms in total. The minimum absolute atomic E-state index is 0.129. The Labute approximate surface area is 164 Å². The molecule has 0 saturated carbocycles. The van der Waals surface area contributed by atoms with Crippen LogP contribution < -0.4 is 10.9 Å². The highest BCUT2D eigenvalue weighted by molar-refractivity contribution is 7.25. The summed E-state index contributed by atoms with van der Waals surface area (Å²) in [7, 11) is 0. The first-order chi connectivity index (χ1) is 13.4. The number of benzene rings is 2. The summed E-state index contributed by atoms with van der Waals surface area (Å²) in [5, 5.41) is 3.18. The lowest BCUT2D eigenvalue weighted by atomic mass is 10.1. The van der Waals surface area contributed by atoms with Crippen molar-refractivity contribution in [2.75, 3.05) is 0 Å². The summed E-state index contributed by atoms with van der Waals surface area (Å²) in [5.74, 6) is -0.297. The van der Waals surface area contributed by atoms with Crippen LogP contribution in [0, 0.1) is 19.7 Å². The van der Waals surface area contributed by atoms with Crippen molar-refractivity contribution in [1.29, 1.82) is 0 Å². The molecule has 2 aromatic carbocycles. The minimum atomic E-state index is -0.399. The summed E-state index contributed by atoms with van der Waals surface area (Å²) in [5.41, 5.74) is 2.17. The number of carbonyl (C=O) groups excluding carboxylic acids is 1. The van der Waals surface area contributed by atoms with E-state index < -0.39 is 5.82 Å². The van der Waals surface area contributed by atoms with Crippen LogP contribution in [0.4, 0.5) is 4.39 Å². The highest BCUT2D eigenvalue weighted by Gasteiger charge is 2.17. The monoisotopic (exact) mass is 395 g/mol. The molecule has 0 saturated heterocycles. The minimum Gasteiger partial charge on any atom is -0.350 e. The topological polar surface area (TPSA) is 64.0 Å². The molecule has 4 aromatic rings. The van der Waals surface area contributed by atoms with Crippen molar-refractivity contribution >= 4 is 37.5 Å². The Bertz CT molecular complexity index is 1260. The third-order valence-electron chi connectivity index (χ3n) is 4.65. The molecule has 2 aromatic heterocycles. The van der Waals surface area contributed by atoms with Gasteiger partial charge in [0.25, 0.3) is 5.56 Å². The van der Waals surface area contributed by atoms with Gasteiger partial charge in [-0.2, -0.15) is 0 Å². The summed E-state index contributed by atoms with van der Waals surface area (Å²) in [6.45, 7) is 3.91. The van der Waals surface area contributed by atoms with Gasteiger partial charge in [0.2, 0.25) is 5.91 Å². The largest absolute Gasteiger partial charge is 0.350 e. The average molecular weight is 395 g/mol. The quantitative estimate of drug-likeness (QED) is 0.573. The number of rotatable bonds is 4. The molecule has 0 aliphatic heterocycles. The second-order valence-corrected chi connectivity index (χ2v) is 7.76. The third kappa shape index (κ3) is 3.29. The number of hydrogen-bond donors (Lipinski definition) is 1. The van der Waals surface area contributed by atoms with E-state index in [-0.39, 0.29) is 18.0 Å². The van der Waals surface area contributed by atoms with Gasteiger partial charge in [0, 0.05) is 11.2 Å². The van der Waals surface area contributed by atoms with Gasteiger partial charge in [-0.25, -0.2) is 9.37 Å². The lowest BCUT2D eigenvalue weighted by Crippen LogP contribution is -2.33. The van der Waals surface area contributed by atoms with Crippen LogP contribution in [0.5, 0.6) is 0 Å². The number of aromatic nitrogens is 2. The molecule has 0 spiro atoms. The fourth-order valence-corrected chi connectivity index (χ4v) is 4.23. The number of aryl methyl sites for hydroxylation is 2. The second-order valence-electron chi connectivity index (χ2n) is 6.71. The van der Waals surface area contributed by atoms with Crippen LogP contribution in [0.25, 0.3) is 20.3 Å². The van der Waals surface area contributed by atoms with Gasteiger partial charge < -0.3 is 5.32 Å².